The van der Waals surface area contributed by atoms with Gasteiger partial charge in [0, 0.05) is 0 Å². The summed E-state index contributed by atoms with van der Waals surface area (Å²) in [7, 11) is 0. The molecule has 0 spiro atoms. The van der Waals surface area contributed by atoms with Crippen LogP contribution >= 0.6 is 0 Å². The van der Waals surface area contributed by atoms with Gasteiger partial charge in [-0.25, -0.2) is 4.79 Å². The molecule has 0 saturated carbocycles. The summed E-state index contributed by atoms with van der Waals surface area (Å²) in [5.74, 6) is -1.16. The minimum atomic E-state index is -0.617. The fourth-order valence-corrected chi connectivity index (χ4v) is 1.41. The molecule has 0 radical (unpaired) electrons. The molecule has 2 rings (SSSR count). The van der Waals surface area contributed by atoms with Crippen molar-refractivity contribution in [3.63, 3.8) is 0 Å². The minimum Gasteiger partial charge on any atom is -0.462 e. The van der Waals surface area contributed by atoms with E-state index in [0.29, 0.717) is 5.52 Å². The summed E-state index contributed by atoms with van der Waals surface area (Å²) in [6.07, 6.45) is 0. The second kappa shape index (κ2) is 3.68. The number of carbonyl (C=O) groups excluding carboxylic acids is 1. The SMILES string of the molecule is CCOC(=O)c1cccc2n[nH]c(F)c12. The highest BCUT2D eigenvalue weighted by Gasteiger charge is 2.15. The molecule has 4 nitrogen and oxygen atoms in total. The lowest BCUT2D eigenvalue weighted by atomic mass is 10.1. The number of nitrogens with zero attached hydrogens (tertiary/aromatic N) is 1. The lowest BCUT2D eigenvalue weighted by molar-refractivity contribution is 0.0528. The molecule has 5 heteroatoms. The molecule has 0 unspecified atom stereocenters. The van der Waals surface area contributed by atoms with Crippen LogP contribution < -0.4 is 0 Å². The van der Waals surface area contributed by atoms with Gasteiger partial charge in [-0.15, -0.1) is 0 Å². The Kier molecular flexibility index (Phi) is 2.37. The first-order valence-electron chi connectivity index (χ1n) is 4.53. The maximum atomic E-state index is 13.3. The van der Waals surface area contributed by atoms with Gasteiger partial charge in [-0.3, -0.25) is 5.10 Å². The van der Waals surface area contributed by atoms with E-state index < -0.39 is 11.9 Å². The van der Waals surface area contributed by atoms with Gasteiger partial charge >= 0.3 is 5.97 Å². The molecule has 0 aliphatic carbocycles. The number of hydrogen-bond donors (Lipinski definition) is 1. The molecule has 0 atom stereocenters. The smallest absolute Gasteiger partial charge is 0.338 e. The molecule has 1 N–H and O–H groups in total. The van der Waals surface area contributed by atoms with Gasteiger partial charge in [0.2, 0.25) is 5.95 Å². The predicted molar refractivity (Wildman–Crippen MR) is 52.0 cm³/mol. The highest BCUT2D eigenvalue weighted by Crippen LogP contribution is 2.20. The summed E-state index contributed by atoms with van der Waals surface area (Å²) in [5.41, 5.74) is 0.610. The fourth-order valence-electron chi connectivity index (χ4n) is 1.41. The molecule has 1 aromatic carbocycles. The number of hydrogen-bond acceptors (Lipinski definition) is 3. The minimum absolute atomic E-state index is 0.177. The van der Waals surface area contributed by atoms with Crippen molar-refractivity contribution in [2.75, 3.05) is 6.61 Å². The van der Waals surface area contributed by atoms with Crippen LogP contribution in [0, 0.1) is 5.95 Å². The third kappa shape index (κ3) is 1.56. The Hall–Kier alpha value is -1.91. The Morgan fingerprint density at radius 3 is 3.13 bits per heavy atom. The summed E-state index contributed by atoms with van der Waals surface area (Å²) in [6.45, 7) is 1.96. The van der Waals surface area contributed by atoms with Crippen molar-refractivity contribution in [3.8, 4) is 0 Å². The number of halogens is 1. The molecule has 1 aromatic heterocycles. The van der Waals surface area contributed by atoms with Gasteiger partial charge in [-0.2, -0.15) is 9.49 Å². The number of nitrogens with one attached hydrogen (secondary N) is 1. The summed E-state index contributed by atoms with van der Waals surface area (Å²) in [6, 6.07) is 4.77. The van der Waals surface area contributed by atoms with E-state index in [1.807, 2.05) is 0 Å². The molecule has 2 aromatic rings. The quantitative estimate of drug-likeness (QED) is 0.766. The average molecular weight is 208 g/mol. The topological polar surface area (TPSA) is 55.0 Å². The van der Waals surface area contributed by atoms with Crippen molar-refractivity contribution in [2.24, 2.45) is 0 Å². The van der Waals surface area contributed by atoms with E-state index in [-0.39, 0.29) is 17.6 Å². The number of benzene rings is 1. The summed E-state index contributed by atoms with van der Waals surface area (Å²) in [4.78, 5) is 11.5. The Balaban J connectivity index is 2.59. The van der Waals surface area contributed by atoms with E-state index in [1.165, 1.54) is 6.07 Å². The van der Waals surface area contributed by atoms with Gasteiger partial charge < -0.3 is 4.74 Å². The number of H-pyrrole nitrogens is 1. The maximum Gasteiger partial charge on any atom is 0.338 e. The zero-order chi connectivity index (χ0) is 10.8. The first-order chi connectivity index (χ1) is 7.24. The molecule has 0 fully saturated rings. The number of fused-ring (bicyclic) bond motifs is 1. The lowest BCUT2D eigenvalue weighted by Crippen LogP contribution is -2.05. The zero-order valence-corrected chi connectivity index (χ0v) is 8.08. The standard InChI is InChI=1S/C10H9FN2O2/c1-2-15-10(14)6-4-3-5-7-8(6)9(11)13-12-7/h3-5H,2H2,1H3,(H,12,13). The van der Waals surface area contributed by atoms with Crippen molar-refractivity contribution >= 4 is 16.9 Å². The molecular formula is C10H9FN2O2. The monoisotopic (exact) mass is 208 g/mol. The largest absolute Gasteiger partial charge is 0.462 e. The number of aromatic nitrogens is 2. The van der Waals surface area contributed by atoms with Gasteiger partial charge in [0.25, 0.3) is 0 Å². The van der Waals surface area contributed by atoms with E-state index in [0.717, 1.165) is 0 Å². The molecule has 0 aliphatic heterocycles. The summed E-state index contributed by atoms with van der Waals surface area (Å²) in [5, 5.41) is 6.08. The Bertz CT molecular complexity index is 507. The van der Waals surface area contributed by atoms with E-state index in [4.69, 9.17) is 4.74 Å². The molecular weight excluding hydrogens is 199 g/mol. The predicted octanol–water partition coefficient (Wildman–Crippen LogP) is 1.88. The second-order valence-electron chi connectivity index (χ2n) is 2.96. The molecule has 0 aliphatic rings. The van der Waals surface area contributed by atoms with Gasteiger partial charge in [0.15, 0.2) is 0 Å². The van der Waals surface area contributed by atoms with Crippen LogP contribution in [0.5, 0.6) is 0 Å². The summed E-state index contributed by atoms with van der Waals surface area (Å²) < 4.78 is 18.1. The summed E-state index contributed by atoms with van der Waals surface area (Å²) >= 11 is 0. The van der Waals surface area contributed by atoms with E-state index in [1.54, 1.807) is 19.1 Å². The Morgan fingerprint density at radius 1 is 1.60 bits per heavy atom. The van der Waals surface area contributed by atoms with E-state index in [9.17, 15) is 9.18 Å². The number of esters is 1. The average Bonchev–Trinajstić information content (AvgIpc) is 2.61. The van der Waals surface area contributed by atoms with Crippen LogP contribution in [0.15, 0.2) is 18.2 Å². The maximum absolute atomic E-state index is 13.3. The van der Waals surface area contributed by atoms with E-state index >= 15 is 0 Å². The van der Waals surface area contributed by atoms with Gasteiger partial charge in [0.05, 0.1) is 23.1 Å². The van der Waals surface area contributed by atoms with Crippen LogP contribution in [0.25, 0.3) is 10.9 Å². The van der Waals surface area contributed by atoms with Crippen LogP contribution in [-0.2, 0) is 4.74 Å². The van der Waals surface area contributed by atoms with Crippen molar-refractivity contribution in [2.45, 2.75) is 6.92 Å². The number of carbonyl (C=O) groups is 1. The normalized spacial score (nSPS) is 10.5. The third-order valence-corrected chi connectivity index (χ3v) is 2.03. The molecule has 15 heavy (non-hydrogen) atoms. The van der Waals surface area contributed by atoms with Crippen molar-refractivity contribution in [1.82, 2.24) is 10.2 Å². The van der Waals surface area contributed by atoms with Crippen molar-refractivity contribution in [3.05, 3.63) is 29.7 Å². The van der Waals surface area contributed by atoms with E-state index in [2.05, 4.69) is 10.2 Å². The number of aromatic amines is 1. The Labute approximate surface area is 85.0 Å². The molecule has 0 saturated heterocycles. The number of rotatable bonds is 2. The molecule has 1 heterocycles. The molecule has 0 amide bonds. The van der Waals surface area contributed by atoms with Crippen LogP contribution in [0.2, 0.25) is 0 Å². The van der Waals surface area contributed by atoms with Gasteiger partial charge in [0.1, 0.15) is 0 Å². The second-order valence-corrected chi connectivity index (χ2v) is 2.96. The van der Waals surface area contributed by atoms with Crippen LogP contribution in [0.1, 0.15) is 17.3 Å². The van der Waals surface area contributed by atoms with Gasteiger partial charge in [-0.1, -0.05) is 6.07 Å². The zero-order valence-electron chi connectivity index (χ0n) is 8.08. The van der Waals surface area contributed by atoms with Crippen LogP contribution in [0.4, 0.5) is 4.39 Å². The van der Waals surface area contributed by atoms with Gasteiger partial charge in [-0.05, 0) is 19.1 Å². The molecule has 0 bridgehead atoms. The molecule has 78 valence electrons. The van der Waals surface area contributed by atoms with Crippen LogP contribution in [-0.4, -0.2) is 22.8 Å². The highest BCUT2D eigenvalue weighted by molar-refractivity contribution is 6.03. The van der Waals surface area contributed by atoms with Crippen LogP contribution in [0.3, 0.4) is 0 Å². The lowest BCUT2D eigenvalue weighted by Gasteiger charge is -2.01. The Morgan fingerprint density at radius 2 is 2.40 bits per heavy atom. The number of ether oxygens (including phenoxy) is 1. The fraction of sp³-hybridized carbons (Fsp3) is 0.200. The first kappa shape index (κ1) is 9.64. The highest BCUT2D eigenvalue weighted by atomic mass is 19.1. The van der Waals surface area contributed by atoms with Crippen molar-refractivity contribution in [1.29, 1.82) is 0 Å². The third-order valence-electron chi connectivity index (χ3n) is 2.03. The van der Waals surface area contributed by atoms with Crippen molar-refractivity contribution < 1.29 is 13.9 Å². The first-order valence-corrected chi connectivity index (χ1v) is 4.53.